The van der Waals surface area contributed by atoms with Crippen LogP contribution in [0.5, 0.6) is 0 Å². The van der Waals surface area contributed by atoms with E-state index in [9.17, 15) is 23.2 Å². The highest BCUT2D eigenvalue weighted by Crippen LogP contribution is 2.33. The van der Waals surface area contributed by atoms with Crippen molar-refractivity contribution in [1.29, 1.82) is 0 Å². The number of carbonyl (C=O) groups excluding carboxylic acids is 3. The minimum absolute atomic E-state index is 0.100. The summed E-state index contributed by atoms with van der Waals surface area (Å²) in [7, 11) is 0. The summed E-state index contributed by atoms with van der Waals surface area (Å²) in [6.45, 7) is 1.76. The topological polar surface area (TPSA) is 79.0 Å². The number of ether oxygens (including phenoxy) is 1. The third-order valence-electron chi connectivity index (χ3n) is 4.92. The third kappa shape index (κ3) is 4.97. The van der Waals surface area contributed by atoms with Crippen LogP contribution in [0.25, 0.3) is 6.08 Å². The molecule has 0 unspecified atom stereocenters. The van der Waals surface area contributed by atoms with E-state index in [4.69, 9.17) is 4.74 Å². The zero-order chi connectivity index (χ0) is 22.7. The number of nitrogens with one attached hydrogen (secondary N) is 1. The van der Waals surface area contributed by atoms with Crippen LogP contribution in [0.1, 0.15) is 5.56 Å². The number of anilines is 2. The zero-order valence-corrected chi connectivity index (χ0v) is 17.7. The fourth-order valence-electron chi connectivity index (χ4n) is 3.34. The second kappa shape index (κ2) is 9.49. The van der Waals surface area contributed by atoms with Gasteiger partial charge in [0.15, 0.2) is 0 Å². The van der Waals surface area contributed by atoms with E-state index in [0.717, 1.165) is 4.90 Å². The van der Waals surface area contributed by atoms with Crippen LogP contribution >= 0.6 is 11.8 Å². The minimum Gasteiger partial charge on any atom is -0.378 e. The van der Waals surface area contributed by atoms with Gasteiger partial charge in [-0.15, -0.1) is 0 Å². The Morgan fingerprint density at radius 1 is 1.09 bits per heavy atom. The average Bonchev–Trinajstić information content (AvgIpc) is 3.03. The van der Waals surface area contributed by atoms with Gasteiger partial charge in [0.2, 0.25) is 5.91 Å². The summed E-state index contributed by atoms with van der Waals surface area (Å²) in [5.41, 5.74) is 1.23. The van der Waals surface area contributed by atoms with Gasteiger partial charge >= 0.3 is 0 Å². The number of carbonyl (C=O) groups is 3. The smallest absolute Gasteiger partial charge is 0.294 e. The van der Waals surface area contributed by atoms with Crippen LogP contribution in [0.3, 0.4) is 0 Å². The van der Waals surface area contributed by atoms with Crippen LogP contribution in [0, 0.1) is 11.6 Å². The van der Waals surface area contributed by atoms with Gasteiger partial charge < -0.3 is 15.0 Å². The van der Waals surface area contributed by atoms with Crippen molar-refractivity contribution < 1.29 is 27.9 Å². The first-order valence-electron chi connectivity index (χ1n) is 9.84. The number of hydrogen-bond acceptors (Lipinski definition) is 6. The maximum atomic E-state index is 14.6. The standard InChI is InChI=1S/C22H19F2N3O4S/c23-15-2-4-16(5-3-15)25-20(28)13-27-21(29)19(32-22(27)30)12-14-1-6-18(17(24)11-14)26-7-9-31-10-8-26/h1-6,11-12H,7-10,13H2,(H,25,28)/b19-12-. The molecule has 166 valence electrons. The van der Waals surface area contributed by atoms with Crippen LogP contribution in [-0.4, -0.2) is 54.8 Å². The fraction of sp³-hybridized carbons (Fsp3) is 0.227. The molecule has 2 saturated heterocycles. The van der Waals surface area contributed by atoms with E-state index in [-0.39, 0.29) is 4.91 Å². The van der Waals surface area contributed by atoms with Crippen molar-refractivity contribution in [2.24, 2.45) is 0 Å². The number of halogens is 2. The first kappa shape index (κ1) is 22.0. The summed E-state index contributed by atoms with van der Waals surface area (Å²) in [5, 5.41) is 1.91. The molecule has 7 nitrogen and oxygen atoms in total. The molecule has 2 aromatic carbocycles. The molecule has 0 spiro atoms. The van der Waals surface area contributed by atoms with Crippen LogP contribution < -0.4 is 10.2 Å². The lowest BCUT2D eigenvalue weighted by Crippen LogP contribution is -2.36. The highest BCUT2D eigenvalue weighted by Gasteiger charge is 2.36. The molecule has 2 heterocycles. The van der Waals surface area contributed by atoms with Gasteiger partial charge in [0.25, 0.3) is 11.1 Å². The first-order valence-corrected chi connectivity index (χ1v) is 10.7. The second-order valence-corrected chi connectivity index (χ2v) is 8.13. The SMILES string of the molecule is O=C(CN1C(=O)S/C(=C\c2ccc(N3CCOCC3)c(F)c2)C1=O)Nc1ccc(F)cc1. The Morgan fingerprint density at radius 2 is 1.81 bits per heavy atom. The predicted molar refractivity (Wildman–Crippen MR) is 117 cm³/mol. The molecule has 2 aliphatic heterocycles. The second-order valence-electron chi connectivity index (χ2n) is 7.13. The summed E-state index contributed by atoms with van der Waals surface area (Å²) in [6.07, 6.45) is 1.43. The molecule has 32 heavy (non-hydrogen) atoms. The maximum Gasteiger partial charge on any atom is 0.294 e. The summed E-state index contributed by atoms with van der Waals surface area (Å²) < 4.78 is 32.9. The van der Waals surface area contributed by atoms with E-state index in [1.807, 2.05) is 4.90 Å². The van der Waals surface area contributed by atoms with Gasteiger partial charge in [0.1, 0.15) is 18.2 Å². The summed E-state index contributed by atoms with van der Waals surface area (Å²) in [4.78, 5) is 39.9. The molecule has 2 aliphatic rings. The van der Waals surface area contributed by atoms with Gasteiger partial charge in [-0.3, -0.25) is 19.3 Å². The van der Waals surface area contributed by atoms with Crippen LogP contribution in [0.2, 0.25) is 0 Å². The monoisotopic (exact) mass is 459 g/mol. The van der Waals surface area contributed by atoms with Gasteiger partial charge in [0, 0.05) is 18.8 Å². The summed E-state index contributed by atoms with van der Waals surface area (Å²) in [5.74, 6) is -2.11. The molecule has 3 amide bonds. The van der Waals surface area contributed by atoms with E-state index in [0.29, 0.717) is 55.0 Å². The number of morpholine rings is 1. The van der Waals surface area contributed by atoms with Crippen LogP contribution in [0.15, 0.2) is 47.4 Å². The van der Waals surface area contributed by atoms with Crippen molar-refractivity contribution in [3.63, 3.8) is 0 Å². The molecule has 10 heteroatoms. The van der Waals surface area contributed by atoms with Gasteiger partial charge in [-0.2, -0.15) is 0 Å². The van der Waals surface area contributed by atoms with Crippen molar-refractivity contribution in [3.05, 3.63) is 64.6 Å². The van der Waals surface area contributed by atoms with Crippen molar-refractivity contribution in [2.75, 3.05) is 43.1 Å². The number of benzene rings is 2. The summed E-state index contributed by atoms with van der Waals surface area (Å²) >= 11 is 0.685. The highest BCUT2D eigenvalue weighted by molar-refractivity contribution is 8.18. The predicted octanol–water partition coefficient (Wildman–Crippen LogP) is 3.48. The molecular weight excluding hydrogens is 440 g/mol. The molecular formula is C22H19F2N3O4S. The maximum absolute atomic E-state index is 14.6. The van der Waals surface area contributed by atoms with Crippen molar-refractivity contribution in [2.45, 2.75) is 0 Å². The zero-order valence-electron chi connectivity index (χ0n) is 16.8. The number of hydrogen-bond donors (Lipinski definition) is 1. The van der Waals surface area contributed by atoms with Gasteiger partial charge in [-0.05, 0) is 59.8 Å². The van der Waals surface area contributed by atoms with Crippen molar-refractivity contribution in [3.8, 4) is 0 Å². The Labute approximate surface area is 187 Å². The molecule has 1 N–H and O–H groups in total. The Bertz CT molecular complexity index is 1090. The van der Waals surface area contributed by atoms with E-state index in [1.54, 1.807) is 12.1 Å². The number of imide groups is 1. The van der Waals surface area contributed by atoms with Crippen molar-refractivity contribution in [1.82, 2.24) is 4.90 Å². The molecule has 0 radical (unpaired) electrons. The minimum atomic E-state index is -0.632. The van der Waals surface area contributed by atoms with Crippen LogP contribution in [-0.2, 0) is 14.3 Å². The number of nitrogens with zero attached hydrogens (tertiary/aromatic N) is 2. The molecule has 2 aromatic rings. The molecule has 0 atom stereocenters. The highest BCUT2D eigenvalue weighted by atomic mass is 32.2. The Kier molecular flexibility index (Phi) is 6.52. The molecule has 0 saturated carbocycles. The third-order valence-corrected chi connectivity index (χ3v) is 5.83. The average molecular weight is 459 g/mol. The molecule has 0 aromatic heterocycles. The van der Waals surface area contributed by atoms with Gasteiger partial charge in [-0.1, -0.05) is 6.07 Å². The van der Waals surface area contributed by atoms with E-state index in [1.165, 1.54) is 36.4 Å². The normalized spacial score (nSPS) is 17.9. The van der Waals surface area contributed by atoms with Gasteiger partial charge in [0.05, 0.1) is 23.8 Å². The first-order chi connectivity index (χ1) is 15.4. The van der Waals surface area contributed by atoms with E-state index < -0.39 is 35.2 Å². The molecule has 4 rings (SSSR count). The number of rotatable bonds is 5. The van der Waals surface area contributed by atoms with Gasteiger partial charge in [-0.25, -0.2) is 8.78 Å². The largest absolute Gasteiger partial charge is 0.378 e. The number of thioether (sulfide) groups is 1. The lowest BCUT2D eigenvalue weighted by molar-refractivity contribution is -0.127. The lowest BCUT2D eigenvalue weighted by atomic mass is 10.1. The summed E-state index contributed by atoms with van der Waals surface area (Å²) in [6, 6.07) is 9.71. The van der Waals surface area contributed by atoms with Crippen molar-refractivity contribution >= 4 is 46.3 Å². The lowest BCUT2D eigenvalue weighted by Gasteiger charge is -2.29. The molecule has 0 aliphatic carbocycles. The Morgan fingerprint density at radius 3 is 2.50 bits per heavy atom. The molecule has 2 fully saturated rings. The Hall–Kier alpha value is -3.24. The number of amides is 3. The van der Waals surface area contributed by atoms with E-state index >= 15 is 0 Å². The fourth-order valence-corrected chi connectivity index (χ4v) is 4.18. The Balaban J connectivity index is 1.43. The molecule has 0 bridgehead atoms. The quantitative estimate of drug-likeness (QED) is 0.690. The van der Waals surface area contributed by atoms with Crippen LogP contribution in [0.4, 0.5) is 25.0 Å². The van der Waals surface area contributed by atoms with E-state index in [2.05, 4.69) is 5.32 Å².